The third-order valence-corrected chi connectivity index (χ3v) is 3.18. The topological polar surface area (TPSA) is 34.9 Å². The van der Waals surface area contributed by atoms with Crippen LogP contribution in [-0.2, 0) is 18.3 Å². The van der Waals surface area contributed by atoms with Crippen molar-refractivity contribution in [3.05, 3.63) is 18.0 Å². The van der Waals surface area contributed by atoms with Crippen LogP contribution in [0.15, 0.2) is 12.4 Å². The Morgan fingerprint density at radius 3 is 2.87 bits per heavy atom. The van der Waals surface area contributed by atoms with Gasteiger partial charge < -0.3 is 0 Å². The molecule has 0 saturated heterocycles. The molecule has 0 radical (unpaired) electrons. The summed E-state index contributed by atoms with van der Waals surface area (Å²) in [5, 5.41) is 4.60. The van der Waals surface area contributed by atoms with Gasteiger partial charge in [-0.25, -0.2) is 0 Å². The fraction of sp³-hybridized carbons (Fsp3) is 0.636. The predicted octanol–water partition coefficient (Wildman–Crippen LogP) is 2.06. The van der Waals surface area contributed by atoms with E-state index in [4.69, 9.17) is 0 Å². The first-order chi connectivity index (χ1) is 7.08. The molecule has 1 aromatic heterocycles. The average Bonchev–Trinajstić information content (AvgIpc) is 2.58. The number of aryl methyl sites for hydroxylation is 2. The molecule has 1 heterocycles. The Hall–Kier alpha value is -0.770. The Morgan fingerprint density at radius 2 is 2.33 bits per heavy atom. The zero-order valence-corrected chi connectivity index (χ0v) is 10.4. The molecule has 0 aliphatic heterocycles. The number of rotatable bonds is 6. The van der Waals surface area contributed by atoms with E-state index in [9.17, 15) is 4.79 Å². The molecule has 0 aliphatic carbocycles. The lowest BCUT2D eigenvalue weighted by molar-refractivity contribution is -0.116. The van der Waals surface area contributed by atoms with Gasteiger partial charge in [-0.05, 0) is 17.2 Å². The van der Waals surface area contributed by atoms with Crippen LogP contribution >= 0.6 is 11.8 Å². The van der Waals surface area contributed by atoms with E-state index in [1.807, 2.05) is 19.4 Å². The van der Waals surface area contributed by atoms with E-state index in [2.05, 4.69) is 18.9 Å². The second-order valence-corrected chi connectivity index (χ2v) is 5.49. The van der Waals surface area contributed by atoms with E-state index in [1.54, 1.807) is 16.4 Å². The van der Waals surface area contributed by atoms with Crippen LogP contribution in [0.3, 0.4) is 0 Å². The van der Waals surface area contributed by atoms with Gasteiger partial charge >= 0.3 is 0 Å². The summed E-state index contributed by atoms with van der Waals surface area (Å²) in [6.07, 6.45) is 5.22. The molecule has 0 aliphatic rings. The molecule has 0 fully saturated rings. The smallest absolute Gasteiger partial charge is 0.143 e. The molecular weight excluding hydrogens is 208 g/mol. The quantitative estimate of drug-likeness (QED) is 0.744. The van der Waals surface area contributed by atoms with Gasteiger partial charge in [0.25, 0.3) is 0 Å². The average molecular weight is 226 g/mol. The molecule has 0 N–H and O–H groups in total. The van der Waals surface area contributed by atoms with E-state index in [-0.39, 0.29) is 0 Å². The molecule has 1 rings (SSSR count). The van der Waals surface area contributed by atoms with Gasteiger partial charge in [0.1, 0.15) is 5.78 Å². The molecule has 15 heavy (non-hydrogen) atoms. The molecule has 0 bridgehead atoms. The summed E-state index contributed by atoms with van der Waals surface area (Å²) in [7, 11) is 1.89. The van der Waals surface area contributed by atoms with Crippen molar-refractivity contribution in [3.63, 3.8) is 0 Å². The number of aromatic nitrogens is 2. The number of ketones is 1. The largest absolute Gasteiger partial charge is 0.299 e. The lowest BCUT2D eigenvalue weighted by atomic mass is 10.1. The zero-order valence-electron chi connectivity index (χ0n) is 9.56. The maximum atomic E-state index is 11.5. The molecule has 0 atom stereocenters. The first-order valence-corrected chi connectivity index (χ1v) is 6.23. The molecule has 0 amide bonds. The van der Waals surface area contributed by atoms with Crippen LogP contribution in [0, 0.1) is 0 Å². The summed E-state index contributed by atoms with van der Waals surface area (Å²) in [5.74, 6) is 0.968. The van der Waals surface area contributed by atoms with Gasteiger partial charge in [0.15, 0.2) is 0 Å². The summed E-state index contributed by atoms with van der Waals surface area (Å²) in [5.41, 5.74) is 1.14. The number of hydrogen-bond donors (Lipinski definition) is 0. The van der Waals surface area contributed by atoms with Crippen molar-refractivity contribution in [3.8, 4) is 0 Å². The van der Waals surface area contributed by atoms with E-state index in [0.29, 0.717) is 23.2 Å². The number of carbonyl (C=O) groups excluding carboxylic acids is 1. The highest BCUT2D eigenvalue weighted by Gasteiger charge is 2.05. The Labute approximate surface area is 95.2 Å². The fourth-order valence-corrected chi connectivity index (χ4v) is 1.88. The van der Waals surface area contributed by atoms with Crippen LogP contribution < -0.4 is 0 Å². The highest BCUT2D eigenvalue weighted by atomic mass is 32.2. The molecule has 84 valence electrons. The Bertz CT molecular complexity index is 320. The second-order valence-electron chi connectivity index (χ2n) is 3.92. The van der Waals surface area contributed by atoms with Crippen molar-refractivity contribution in [2.45, 2.75) is 31.9 Å². The van der Waals surface area contributed by atoms with Gasteiger partial charge in [0, 0.05) is 19.7 Å². The summed E-state index contributed by atoms with van der Waals surface area (Å²) >= 11 is 1.71. The summed E-state index contributed by atoms with van der Waals surface area (Å²) < 4.78 is 1.77. The van der Waals surface area contributed by atoms with Crippen LogP contribution in [0.2, 0.25) is 0 Å². The van der Waals surface area contributed by atoms with E-state index < -0.39 is 0 Å². The minimum atomic E-state index is 0.331. The third-order valence-electron chi connectivity index (χ3n) is 2.03. The maximum Gasteiger partial charge on any atom is 0.143 e. The molecule has 4 heteroatoms. The van der Waals surface area contributed by atoms with Crippen molar-refractivity contribution in [1.29, 1.82) is 0 Å². The SMILES string of the molecule is CC(C)SCC(=O)CCc1cnn(C)c1. The van der Waals surface area contributed by atoms with Gasteiger partial charge in [-0.3, -0.25) is 9.48 Å². The van der Waals surface area contributed by atoms with Crippen LogP contribution in [0.4, 0.5) is 0 Å². The van der Waals surface area contributed by atoms with E-state index in [1.165, 1.54) is 0 Å². The summed E-state index contributed by atoms with van der Waals surface area (Å²) in [6, 6.07) is 0. The minimum absolute atomic E-state index is 0.331. The summed E-state index contributed by atoms with van der Waals surface area (Å²) in [6.45, 7) is 4.22. The van der Waals surface area contributed by atoms with Gasteiger partial charge in [-0.1, -0.05) is 13.8 Å². The Kier molecular flexibility index (Phi) is 4.88. The predicted molar refractivity (Wildman–Crippen MR) is 64.1 cm³/mol. The minimum Gasteiger partial charge on any atom is -0.299 e. The number of Topliss-reactive ketones (excluding diaryl/α,β-unsaturated/α-hetero) is 1. The Balaban J connectivity index is 2.22. The van der Waals surface area contributed by atoms with Crippen LogP contribution in [0.5, 0.6) is 0 Å². The maximum absolute atomic E-state index is 11.5. The number of hydrogen-bond acceptors (Lipinski definition) is 3. The van der Waals surface area contributed by atoms with E-state index in [0.717, 1.165) is 12.0 Å². The summed E-state index contributed by atoms with van der Waals surface area (Å²) in [4.78, 5) is 11.5. The lowest BCUT2D eigenvalue weighted by Crippen LogP contribution is -2.05. The van der Waals surface area contributed by atoms with Gasteiger partial charge in [0.05, 0.1) is 11.9 Å². The molecule has 0 aromatic carbocycles. The monoisotopic (exact) mass is 226 g/mol. The third kappa shape index (κ3) is 5.02. The molecule has 1 aromatic rings. The standard InChI is InChI=1S/C11H18N2OS/c1-9(2)15-8-11(14)5-4-10-6-12-13(3)7-10/h6-7,9H,4-5,8H2,1-3H3. The van der Waals surface area contributed by atoms with Crippen molar-refractivity contribution in [2.75, 3.05) is 5.75 Å². The van der Waals surface area contributed by atoms with Crippen LogP contribution in [0.25, 0.3) is 0 Å². The van der Waals surface area contributed by atoms with Crippen molar-refractivity contribution < 1.29 is 4.79 Å². The number of carbonyl (C=O) groups is 1. The zero-order chi connectivity index (χ0) is 11.3. The Morgan fingerprint density at radius 1 is 1.60 bits per heavy atom. The first kappa shape index (κ1) is 12.3. The molecule has 3 nitrogen and oxygen atoms in total. The van der Waals surface area contributed by atoms with Crippen molar-refractivity contribution in [1.82, 2.24) is 9.78 Å². The molecule has 0 saturated carbocycles. The number of nitrogens with zero attached hydrogens (tertiary/aromatic N) is 2. The lowest BCUT2D eigenvalue weighted by Gasteiger charge is -2.02. The van der Waals surface area contributed by atoms with Crippen LogP contribution in [0.1, 0.15) is 25.8 Å². The molecule has 0 unspecified atom stereocenters. The van der Waals surface area contributed by atoms with Crippen LogP contribution in [-0.4, -0.2) is 26.6 Å². The van der Waals surface area contributed by atoms with Gasteiger partial charge in [0.2, 0.25) is 0 Å². The second kappa shape index (κ2) is 5.95. The first-order valence-electron chi connectivity index (χ1n) is 5.18. The van der Waals surface area contributed by atoms with Gasteiger partial charge in [-0.2, -0.15) is 16.9 Å². The molecular formula is C11H18N2OS. The van der Waals surface area contributed by atoms with E-state index >= 15 is 0 Å². The van der Waals surface area contributed by atoms with Crippen molar-refractivity contribution >= 4 is 17.5 Å². The van der Waals surface area contributed by atoms with Crippen molar-refractivity contribution in [2.24, 2.45) is 7.05 Å². The normalized spacial score (nSPS) is 10.9. The van der Waals surface area contributed by atoms with Gasteiger partial charge in [-0.15, -0.1) is 0 Å². The molecule has 0 spiro atoms. The number of thioether (sulfide) groups is 1. The highest BCUT2D eigenvalue weighted by molar-refractivity contribution is 8.00. The fourth-order valence-electron chi connectivity index (χ4n) is 1.22. The highest BCUT2D eigenvalue weighted by Crippen LogP contribution is 2.10.